The zero-order valence-corrected chi connectivity index (χ0v) is 15.0. The highest BCUT2D eigenvalue weighted by molar-refractivity contribution is 5.83. The molecule has 0 atom stereocenters. The van der Waals surface area contributed by atoms with Gasteiger partial charge in [-0.1, -0.05) is 30.3 Å². The highest BCUT2D eigenvalue weighted by Crippen LogP contribution is 2.27. The van der Waals surface area contributed by atoms with Crippen molar-refractivity contribution >= 4 is 28.0 Å². The molecule has 2 aromatic carbocycles. The van der Waals surface area contributed by atoms with E-state index >= 15 is 0 Å². The smallest absolute Gasteiger partial charge is 0.200 e. The Morgan fingerprint density at radius 1 is 1.07 bits per heavy atom. The zero-order valence-electron chi connectivity index (χ0n) is 15.0. The van der Waals surface area contributed by atoms with E-state index in [9.17, 15) is 9.18 Å². The van der Waals surface area contributed by atoms with Crippen LogP contribution < -0.4 is 11.2 Å². The quantitative estimate of drug-likeness (QED) is 0.509. The molecule has 0 saturated carbocycles. The van der Waals surface area contributed by atoms with Gasteiger partial charge in [-0.3, -0.25) is 4.79 Å². The van der Waals surface area contributed by atoms with Gasteiger partial charge in [0.2, 0.25) is 5.43 Å². The lowest BCUT2D eigenvalue weighted by atomic mass is 10.0. The second-order valence-corrected chi connectivity index (χ2v) is 6.54. The minimum Gasteiger partial charge on any atom is -0.458 e. The van der Waals surface area contributed by atoms with Crippen LogP contribution in [0.15, 0.2) is 70.4 Å². The Morgan fingerprint density at radius 2 is 1.90 bits per heavy atom. The Balaban J connectivity index is 1.77. The fourth-order valence-electron chi connectivity index (χ4n) is 3.39. The molecule has 142 valence electrons. The average Bonchev–Trinajstić information content (AvgIpc) is 3.14. The van der Waals surface area contributed by atoms with Crippen LogP contribution in [0.5, 0.6) is 0 Å². The molecule has 2 N–H and O–H groups in total. The molecule has 0 aliphatic carbocycles. The minimum absolute atomic E-state index is 0.190. The van der Waals surface area contributed by atoms with E-state index in [0.717, 1.165) is 0 Å². The summed E-state index contributed by atoms with van der Waals surface area (Å²) in [6.07, 6.45) is 2.92. The molecule has 0 unspecified atom stereocenters. The van der Waals surface area contributed by atoms with Gasteiger partial charge in [-0.05, 0) is 23.8 Å². The van der Waals surface area contributed by atoms with Crippen LogP contribution in [0.4, 0.5) is 10.2 Å². The number of aromatic nitrogens is 4. The maximum atomic E-state index is 13.7. The van der Waals surface area contributed by atoms with Crippen LogP contribution in [0, 0.1) is 5.82 Å². The van der Waals surface area contributed by atoms with Gasteiger partial charge in [-0.25, -0.2) is 19.3 Å². The van der Waals surface area contributed by atoms with Gasteiger partial charge in [-0.2, -0.15) is 0 Å². The highest BCUT2D eigenvalue weighted by atomic mass is 19.1. The third-order valence-electron chi connectivity index (χ3n) is 4.73. The van der Waals surface area contributed by atoms with Crippen molar-refractivity contribution in [3.05, 3.63) is 83.0 Å². The average molecular weight is 387 g/mol. The number of hydrogen-bond donors (Lipinski definition) is 1. The Bertz CT molecular complexity index is 1430. The summed E-state index contributed by atoms with van der Waals surface area (Å²) >= 11 is 0. The van der Waals surface area contributed by atoms with E-state index in [-0.39, 0.29) is 23.2 Å². The first kappa shape index (κ1) is 17.1. The summed E-state index contributed by atoms with van der Waals surface area (Å²) in [5.41, 5.74) is 7.92. The van der Waals surface area contributed by atoms with Crippen molar-refractivity contribution in [2.45, 2.75) is 6.54 Å². The number of nitrogen functional groups attached to an aromatic ring is 1. The topological polar surface area (TPSA) is 99.8 Å². The number of nitrogens with two attached hydrogens (primary N) is 1. The van der Waals surface area contributed by atoms with E-state index in [1.54, 1.807) is 10.9 Å². The van der Waals surface area contributed by atoms with Gasteiger partial charge >= 0.3 is 0 Å². The van der Waals surface area contributed by atoms with Crippen LogP contribution in [0.3, 0.4) is 0 Å². The van der Waals surface area contributed by atoms with Gasteiger partial charge in [0.05, 0.1) is 23.8 Å². The van der Waals surface area contributed by atoms with Crippen molar-refractivity contribution < 1.29 is 8.81 Å². The first-order valence-electron chi connectivity index (χ1n) is 8.84. The van der Waals surface area contributed by atoms with Crippen LogP contribution in [-0.2, 0) is 6.54 Å². The van der Waals surface area contributed by atoms with Gasteiger partial charge in [0.1, 0.15) is 29.0 Å². The molecule has 3 heterocycles. The van der Waals surface area contributed by atoms with Crippen LogP contribution in [0.2, 0.25) is 0 Å². The van der Waals surface area contributed by atoms with Gasteiger partial charge in [0.15, 0.2) is 11.5 Å². The first-order chi connectivity index (χ1) is 14.1. The summed E-state index contributed by atoms with van der Waals surface area (Å²) in [6.45, 7) is 0.194. The lowest BCUT2D eigenvalue weighted by molar-refractivity contribution is 0.520. The molecule has 8 heteroatoms. The molecule has 0 radical (unpaired) electrons. The summed E-state index contributed by atoms with van der Waals surface area (Å²) < 4.78 is 21.5. The minimum atomic E-state index is -0.496. The largest absolute Gasteiger partial charge is 0.458 e. The molecule has 7 nitrogen and oxygen atoms in total. The number of imidazole rings is 1. The molecule has 5 aromatic rings. The number of anilines is 1. The Hall–Kier alpha value is -4.07. The van der Waals surface area contributed by atoms with Crippen molar-refractivity contribution in [3.63, 3.8) is 0 Å². The second-order valence-electron chi connectivity index (χ2n) is 6.54. The second kappa shape index (κ2) is 6.52. The molecule has 3 aromatic heterocycles. The van der Waals surface area contributed by atoms with E-state index in [1.165, 1.54) is 24.5 Å². The van der Waals surface area contributed by atoms with E-state index < -0.39 is 5.82 Å². The van der Waals surface area contributed by atoms with Gasteiger partial charge in [0, 0.05) is 0 Å². The van der Waals surface area contributed by atoms with Crippen LogP contribution in [-0.4, -0.2) is 19.5 Å². The fraction of sp³-hybridized carbons (Fsp3) is 0.0476. The molecule has 0 spiro atoms. The van der Waals surface area contributed by atoms with Crippen molar-refractivity contribution in [1.29, 1.82) is 0 Å². The first-order valence-corrected chi connectivity index (χ1v) is 8.84. The third-order valence-corrected chi connectivity index (χ3v) is 4.73. The highest BCUT2D eigenvalue weighted by Gasteiger charge is 2.18. The van der Waals surface area contributed by atoms with Crippen molar-refractivity contribution in [3.8, 4) is 11.1 Å². The van der Waals surface area contributed by atoms with Crippen LogP contribution in [0.1, 0.15) is 5.76 Å². The summed E-state index contributed by atoms with van der Waals surface area (Å²) in [4.78, 5) is 25.7. The molecular formula is C21H14FN5O2. The molecule has 0 aliphatic heterocycles. The van der Waals surface area contributed by atoms with E-state index in [2.05, 4.69) is 15.0 Å². The van der Waals surface area contributed by atoms with Crippen molar-refractivity contribution in [2.24, 2.45) is 0 Å². The summed E-state index contributed by atoms with van der Waals surface area (Å²) in [7, 11) is 0. The lowest BCUT2D eigenvalue weighted by Gasteiger charge is -2.11. The monoisotopic (exact) mass is 387 g/mol. The third kappa shape index (κ3) is 2.82. The summed E-state index contributed by atoms with van der Waals surface area (Å²) in [5, 5.41) is 0.190. The maximum absolute atomic E-state index is 13.7. The molecule has 5 rings (SSSR count). The fourth-order valence-corrected chi connectivity index (χ4v) is 3.39. The van der Waals surface area contributed by atoms with Gasteiger partial charge in [0.25, 0.3) is 0 Å². The summed E-state index contributed by atoms with van der Waals surface area (Å²) in [6, 6.07) is 13.0. The standard InChI is InChI=1S/C21H14FN5O2/c22-13-6-7-15-14(8-13)19(28)17(12-4-2-1-3-5-12)16(29-15)9-27-11-26-18-20(23)24-10-25-21(18)27/h1-8,10-11H,9H2,(H2,23,24,25). The SMILES string of the molecule is Nc1ncnc2c1ncn2Cc1oc2ccc(F)cc2c(=O)c1-c1ccccc1. The molecular weight excluding hydrogens is 373 g/mol. The number of benzene rings is 2. The normalized spacial score (nSPS) is 11.3. The van der Waals surface area contributed by atoms with Crippen molar-refractivity contribution in [1.82, 2.24) is 19.5 Å². The predicted octanol–water partition coefficient (Wildman–Crippen LogP) is 3.37. The number of hydrogen-bond acceptors (Lipinski definition) is 6. The van der Waals surface area contributed by atoms with E-state index in [4.69, 9.17) is 10.2 Å². The van der Waals surface area contributed by atoms with Crippen molar-refractivity contribution in [2.75, 3.05) is 5.73 Å². The molecule has 0 saturated heterocycles. The predicted molar refractivity (Wildman–Crippen MR) is 107 cm³/mol. The van der Waals surface area contributed by atoms with E-state index in [1.807, 2.05) is 30.3 Å². The Morgan fingerprint density at radius 3 is 2.72 bits per heavy atom. The van der Waals surface area contributed by atoms with E-state index in [0.29, 0.717) is 33.6 Å². The molecule has 0 fully saturated rings. The number of halogens is 1. The van der Waals surface area contributed by atoms with Crippen LogP contribution in [0.25, 0.3) is 33.3 Å². The molecule has 0 amide bonds. The van der Waals surface area contributed by atoms with Gasteiger partial charge < -0.3 is 14.7 Å². The lowest BCUT2D eigenvalue weighted by Crippen LogP contribution is -2.12. The van der Waals surface area contributed by atoms with Gasteiger partial charge in [-0.15, -0.1) is 0 Å². The Kier molecular flexibility index (Phi) is 3.83. The molecule has 0 aliphatic rings. The number of nitrogens with zero attached hydrogens (tertiary/aromatic N) is 4. The molecule has 29 heavy (non-hydrogen) atoms. The zero-order chi connectivity index (χ0) is 20.0. The summed E-state index contributed by atoms with van der Waals surface area (Å²) in [5.74, 6) is 0.189. The number of rotatable bonds is 3. The maximum Gasteiger partial charge on any atom is 0.200 e. The van der Waals surface area contributed by atoms with Crippen LogP contribution >= 0.6 is 0 Å². The molecule has 0 bridgehead atoms. The Labute approximate surface area is 163 Å². The number of fused-ring (bicyclic) bond motifs is 2.